The highest BCUT2D eigenvalue weighted by Crippen LogP contribution is 2.19. The Hall–Kier alpha value is -2.68. The maximum absolute atomic E-state index is 12.1. The second-order valence-electron chi connectivity index (χ2n) is 5.18. The molecule has 0 atom stereocenters. The van der Waals surface area contributed by atoms with E-state index in [1.807, 2.05) is 42.5 Å². The number of nitrogens with zero attached hydrogens (tertiary/aromatic N) is 1. The number of aromatic nitrogens is 1. The summed E-state index contributed by atoms with van der Waals surface area (Å²) in [6.07, 6.45) is 0. The van der Waals surface area contributed by atoms with Crippen molar-refractivity contribution in [3.05, 3.63) is 69.9 Å². The fourth-order valence-electron chi connectivity index (χ4n) is 2.11. The van der Waals surface area contributed by atoms with Crippen LogP contribution in [0, 0.1) is 3.57 Å². The van der Waals surface area contributed by atoms with Gasteiger partial charge in [-0.3, -0.25) is 9.59 Å². The van der Waals surface area contributed by atoms with Crippen LogP contribution < -0.4 is 10.6 Å². The maximum Gasteiger partial charge on any atom is 0.273 e. The van der Waals surface area contributed by atoms with Crippen molar-refractivity contribution in [2.24, 2.45) is 0 Å². The minimum absolute atomic E-state index is 0.126. The third-order valence-corrected chi connectivity index (χ3v) is 4.06. The van der Waals surface area contributed by atoms with Gasteiger partial charge in [-0.05, 0) is 46.9 Å². The van der Waals surface area contributed by atoms with Crippen molar-refractivity contribution in [1.82, 2.24) is 10.5 Å². The van der Waals surface area contributed by atoms with Crippen molar-refractivity contribution < 1.29 is 14.1 Å². The lowest BCUT2D eigenvalue weighted by molar-refractivity contribution is -0.115. The molecule has 0 radical (unpaired) electrons. The molecule has 6 nitrogen and oxygen atoms in total. The lowest BCUT2D eigenvalue weighted by Crippen LogP contribution is -2.33. The van der Waals surface area contributed by atoms with Gasteiger partial charge < -0.3 is 15.2 Å². The number of halogens is 1. The predicted octanol–water partition coefficient (Wildman–Crippen LogP) is 3.31. The Kier molecular flexibility index (Phi) is 5.44. The van der Waals surface area contributed by atoms with E-state index in [1.165, 1.54) is 0 Å². The van der Waals surface area contributed by atoms with E-state index in [-0.39, 0.29) is 18.1 Å². The first kappa shape index (κ1) is 17.2. The molecule has 0 saturated carbocycles. The molecule has 0 aliphatic rings. The largest absolute Gasteiger partial charge is 0.355 e. The number of amides is 2. The summed E-state index contributed by atoms with van der Waals surface area (Å²) in [5, 5.41) is 8.97. The van der Waals surface area contributed by atoms with E-state index in [9.17, 15) is 9.59 Å². The average Bonchev–Trinajstić information content (AvgIpc) is 3.13. The molecule has 25 heavy (non-hydrogen) atoms. The summed E-state index contributed by atoms with van der Waals surface area (Å²) in [6.45, 7) is -0.154. The van der Waals surface area contributed by atoms with Crippen molar-refractivity contribution in [2.75, 3.05) is 11.9 Å². The topological polar surface area (TPSA) is 84.2 Å². The van der Waals surface area contributed by atoms with Gasteiger partial charge in [-0.25, -0.2) is 0 Å². The zero-order valence-corrected chi connectivity index (χ0v) is 15.2. The van der Waals surface area contributed by atoms with Crippen LogP contribution in [0.1, 0.15) is 10.5 Å². The monoisotopic (exact) mass is 447 g/mol. The molecule has 7 heteroatoms. The van der Waals surface area contributed by atoms with Gasteiger partial charge >= 0.3 is 0 Å². The Bertz CT molecular complexity index is 876. The van der Waals surface area contributed by atoms with E-state index in [0.717, 1.165) is 9.13 Å². The van der Waals surface area contributed by atoms with Crippen molar-refractivity contribution in [3.63, 3.8) is 0 Å². The SMILES string of the molecule is O=C(CNC(=O)c1cc(-c2ccccc2)on1)Nc1ccc(I)cc1. The molecular weight excluding hydrogens is 433 g/mol. The number of nitrogens with one attached hydrogen (secondary N) is 2. The lowest BCUT2D eigenvalue weighted by atomic mass is 10.1. The minimum Gasteiger partial charge on any atom is -0.355 e. The Morgan fingerprint density at radius 3 is 2.48 bits per heavy atom. The van der Waals surface area contributed by atoms with Gasteiger partial charge in [0.25, 0.3) is 5.91 Å². The van der Waals surface area contributed by atoms with Crippen LogP contribution in [0.25, 0.3) is 11.3 Å². The van der Waals surface area contributed by atoms with Gasteiger partial charge in [0.05, 0.1) is 6.54 Å². The average molecular weight is 447 g/mol. The van der Waals surface area contributed by atoms with Crippen molar-refractivity contribution in [2.45, 2.75) is 0 Å². The van der Waals surface area contributed by atoms with E-state index in [0.29, 0.717) is 11.4 Å². The van der Waals surface area contributed by atoms with Gasteiger partial charge in [-0.1, -0.05) is 35.5 Å². The molecule has 0 fully saturated rings. The van der Waals surface area contributed by atoms with E-state index < -0.39 is 5.91 Å². The maximum atomic E-state index is 12.1. The summed E-state index contributed by atoms with van der Waals surface area (Å²) in [5.41, 5.74) is 1.62. The molecule has 0 aliphatic heterocycles. The first-order valence-corrected chi connectivity index (χ1v) is 8.55. The lowest BCUT2D eigenvalue weighted by Gasteiger charge is -2.05. The molecule has 1 aromatic heterocycles. The van der Waals surface area contributed by atoms with E-state index >= 15 is 0 Å². The van der Waals surface area contributed by atoms with Gasteiger partial charge in [-0.15, -0.1) is 0 Å². The molecule has 0 spiro atoms. The number of hydrogen-bond donors (Lipinski definition) is 2. The third-order valence-electron chi connectivity index (χ3n) is 3.34. The van der Waals surface area contributed by atoms with Crippen LogP contribution in [0.15, 0.2) is 65.2 Å². The summed E-state index contributed by atoms with van der Waals surface area (Å²) in [6, 6.07) is 18.2. The molecule has 2 N–H and O–H groups in total. The van der Waals surface area contributed by atoms with Crippen LogP contribution in [0.3, 0.4) is 0 Å². The van der Waals surface area contributed by atoms with Crippen molar-refractivity contribution in [1.29, 1.82) is 0 Å². The molecule has 3 aromatic rings. The van der Waals surface area contributed by atoms with Crippen LogP contribution in [-0.2, 0) is 4.79 Å². The third kappa shape index (κ3) is 4.66. The summed E-state index contributed by atoms with van der Waals surface area (Å²) in [7, 11) is 0. The van der Waals surface area contributed by atoms with Crippen LogP contribution in [0.2, 0.25) is 0 Å². The normalized spacial score (nSPS) is 10.3. The molecule has 0 unspecified atom stereocenters. The van der Waals surface area contributed by atoms with Gasteiger partial charge in [-0.2, -0.15) is 0 Å². The molecule has 2 amide bonds. The number of hydrogen-bond acceptors (Lipinski definition) is 4. The predicted molar refractivity (Wildman–Crippen MR) is 102 cm³/mol. The van der Waals surface area contributed by atoms with Gasteiger partial charge in [0.1, 0.15) is 0 Å². The summed E-state index contributed by atoms with van der Waals surface area (Å²) in [4.78, 5) is 24.0. The minimum atomic E-state index is -0.469. The molecule has 126 valence electrons. The second kappa shape index (κ2) is 7.93. The Morgan fingerprint density at radius 1 is 1.04 bits per heavy atom. The van der Waals surface area contributed by atoms with Crippen LogP contribution in [0.5, 0.6) is 0 Å². The zero-order valence-electron chi connectivity index (χ0n) is 13.0. The Labute approximate surface area is 157 Å². The highest BCUT2D eigenvalue weighted by atomic mass is 127. The summed E-state index contributed by atoms with van der Waals surface area (Å²) < 4.78 is 6.25. The van der Waals surface area contributed by atoms with Crippen LogP contribution in [-0.4, -0.2) is 23.5 Å². The molecule has 3 rings (SSSR count). The number of anilines is 1. The molecule has 0 aliphatic carbocycles. The van der Waals surface area contributed by atoms with Crippen LogP contribution >= 0.6 is 22.6 Å². The van der Waals surface area contributed by atoms with Crippen molar-refractivity contribution >= 4 is 40.1 Å². The first-order chi connectivity index (χ1) is 12.1. The van der Waals surface area contributed by atoms with E-state index in [1.54, 1.807) is 18.2 Å². The zero-order chi connectivity index (χ0) is 17.6. The van der Waals surface area contributed by atoms with Crippen LogP contribution in [0.4, 0.5) is 5.69 Å². The van der Waals surface area contributed by atoms with E-state index in [2.05, 4.69) is 38.4 Å². The molecule has 0 saturated heterocycles. The number of rotatable bonds is 5. The highest BCUT2D eigenvalue weighted by molar-refractivity contribution is 14.1. The fraction of sp³-hybridized carbons (Fsp3) is 0.0556. The number of benzene rings is 2. The first-order valence-electron chi connectivity index (χ1n) is 7.47. The second-order valence-corrected chi connectivity index (χ2v) is 6.43. The molecule has 0 bridgehead atoms. The van der Waals surface area contributed by atoms with Gasteiger partial charge in [0, 0.05) is 20.9 Å². The Balaban J connectivity index is 1.55. The van der Waals surface area contributed by atoms with Crippen molar-refractivity contribution in [3.8, 4) is 11.3 Å². The van der Waals surface area contributed by atoms with E-state index in [4.69, 9.17) is 4.52 Å². The molecule has 2 aromatic carbocycles. The summed E-state index contributed by atoms with van der Waals surface area (Å²) >= 11 is 2.18. The standard InChI is InChI=1S/C18H14IN3O3/c19-13-6-8-14(9-7-13)21-17(23)11-20-18(24)15-10-16(25-22-15)12-4-2-1-3-5-12/h1-10H,11H2,(H,20,24)(H,21,23). The molecular formula is C18H14IN3O3. The molecule has 1 heterocycles. The summed E-state index contributed by atoms with van der Waals surface area (Å²) in [5.74, 6) is -0.292. The highest BCUT2D eigenvalue weighted by Gasteiger charge is 2.14. The quantitative estimate of drug-likeness (QED) is 0.588. The fourth-order valence-corrected chi connectivity index (χ4v) is 2.47. The number of carbonyl (C=O) groups is 2. The number of carbonyl (C=O) groups excluding carboxylic acids is 2. The van der Waals surface area contributed by atoms with Gasteiger partial charge in [0.2, 0.25) is 5.91 Å². The smallest absolute Gasteiger partial charge is 0.273 e. The Morgan fingerprint density at radius 2 is 1.76 bits per heavy atom. The van der Waals surface area contributed by atoms with Gasteiger partial charge in [0.15, 0.2) is 11.5 Å².